The topological polar surface area (TPSA) is 105 Å². The minimum Gasteiger partial charge on any atom is -0.396 e. The molecule has 1 aromatic rings. The summed E-state index contributed by atoms with van der Waals surface area (Å²) in [5.74, 6) is -0.354. The molecule has 1 saturated carbocycles. The summed E-state index contributed by atoms with van der Waals surface area (Å²) < 4.78 is 6.76. The number of aliphatic hydroxyl groups is 2. The third-order valence-electron chi connectivity index (χ3n) is 3.53. The van der Waals surface area contributed by atoms with Crippen molar-refractivity contribution in [3.8, 4) is 0 Å². The van der Waals surface area contributed by atoms with E-state index in [0.717, 1.165) is 0 Å². The summed E-state index contributed by atoms with van der Waals surface area (Å²) in [5.41, 5.74) is -1.07. The van der Waals surface area contributed by atoms with Gasteiger partial charge in [0.05, 0.1) is 16.6 Å². The first kappa shape index (κ1) is 14.4. The lowest BCUT2D eigenvalue weighted by Gasteiger charge is -2.22. The molecule has 1 unspecified atom stereocenters. The summed E-state index contributed by atoms with van der Waals surface area (Å²) in [7, 11) is 1.44. The number of halogens is 1. The minimum absolute atomic E-state index is 0.184. The van der Waals surface area contributed by atoms with E-state index in [1.165, 1.54) is 17.9 Å². The Hall–Kier alpha value is -0.960. The summed E-state index contributed by atoms with van der Waals surface area (Å²) in [6, 6.07) is -0.433. The molecule has 1 aliphatic carbocycles. The molecule has 4 atom stereocenters. The van der Waals surface area contributed by atoms with Crippen LogP contribution in [-0.4, -0.2) is 45.7 Å². The molecule has 19 heavy (non-hydrogen) atoms. The molecule has 0 bridgehead atoms. The van der Waals surface area contributed by atoms with Crippen LogP contribution in [0, 0.1) is 5.92 Å². The van der Waals surface area contributed by atoms with Gasteiger partial charge in [0, 0.05) is 25.8 Å². The van der Waals surface area contributed by atoms with Crippen LogP contribution in [-0.2, 0) is 4.74 Å². The predicted molar refractivity (Wildman–Crippen MR) is 70.1 cm³/mol. The maximum Gasteiger partial charge on any atom is 0.328 e. The number of methoxy groups -OCH3 is 1. The van der Waals surface area contributed by atoms with Crippen LogP contribution in [0.25, 0.3) is 0 Å². The number of ether oxygens (including phenoxy) is 1. The smallest absolute Gasteiger partial charge is 0.328 e. The lowest BCUT2D eigenvalue weighted by Crippen LogP contribution is -2.38. The SMILES string of the molecule is CO[C@H]1C(O)[C@@H](CO)C[C@H]1n1cc(Br)c(=O)[nH]c1=O. The van der Waals surface area contributed by atoms with Crippen LogP contribution in [0.1, 0.15) is 12.5 Å². The fourth-order valence-electron chi connectivity index (χ4n) is 2.54. The molecule has 106 valence electrons. The molecule has 2 rings (SSSR count). The fraction of sp³-hybridized carbons (Fsp3) is 0.636. The van der Waals surface area contributed by atoms with E-state index in [0.29, 0.717) is 6.42 Å². The van der Waals surface area contributed by atoms with Gasteiger partial charge < -0.3 is 14.9 Å². The first-order valence-electron chi connectivity index (χ1n) is 5.82. The average Bonchev–Trinajstić information content (AvgIpc) is 2.70. The van der Waals surface area contributed by atoms with Gasteiger partial charge >= 0.3 is 5.69 Å². The molecule has 8 heteroatoms. The van der Waals surface area contributed by atoms with E-state index in [1.54, 1.807) is 0 Å². The van der Waals surface area contributed by atoms with Crippen molar-refractivity contribution in [2.24, 2.45) is 5.92 Å². The molecule has 0 radical (unpaired) electrons. The second kappa shape index (κ2) is 5.58. The maximum absolute atomic E-state index is 11.8. The standard InChI is InChI=1S/C11H15BrN2O5/c1-19-9-7(2-5(4-15)8(9)16)14-3-6(12)10(17)13-11(14)18/h3,5,7-9,15-16H,2,4H2,1H3,(H,13,17,18)/t5-,7-,8?,9-/m1/s1. The molecular weight excluding hydrogens is 320 g/mol. The highest BCUT2D eigenvalue weighted by atomic mass is 79.9. The Bertz CT molecular complexity index is 569. The van der Waals surface area contributed by atoms with Gasteiger partial charge in [-0.1, -0.05) is 0 Å². The number of aromatic nitrogens is 2. The van der Waals surface area contributed by atoms with Crippen LogP contribution < -0.4 is 11.2 Å². The minimum atomic E-state index is -0.849. The Balaban J connectivity index is 2.44. The highest BCUT2D eigenvalue weighted by Gasteiger charge is 2.43. The van der Waals surface area contributed by atoms with Gasteiger partial charge in [0.15, 0.2) is 0 Å². The van der Waals surface area contributed by atoms with Crippen molar-refractivity contribution < 1.29 is 14.9 Å². The summed E-state index contributed by atoms with van der Waals surface area (Å²) in [6.45, 7) is -0.184. The normalized spacial score (nSPS) is 30.7. The van der Waals surface area contributed by atoms with E-state index in [1.807, 2.05) is 0 Å². The number of aliphatic hydroxyl groups excluding tert-OH is 2. The molecule has 7 nitrogen and oxygen atoms in total. The lowest BCUT2D eigenvalue weighted by molar-refractivity contribution is -0.0303. The van der Waals surface area contributed by atoms with Crippen molar-refractivity contribution in [2.45, 2.75) is 24.7 Å². The third-order valence-corrected chi connectivity index (χ3v) is 4.10. The Labute approximate surface area is 117 Å². The summed E-state index contributed by atoms with van der Waals surface area (Å²) in [5, 5.41) is 19.2. The number of hydrogen-bond donors (Lipinski definition) is 3. The van der Waals surface area contributed by atoms with Crippen molar-refractivity contribution in [1.29, 1.82) is 0 Å². The van der Waals surface area contributed by atoms with Gasteiger partial charge in [-0.05, 0) is 22.4 Å². The summed E-state index contributed by atoms with van der Waals surface area (Å²) in [4.78, 5) is 25.3. The van der Waals surface area contributed by atoms with Crippen LogP contribution in [0.2, 0.25) is 0 Å². The van der Waals surface area contributed by atoms with Crippen LogP contribution in [0.3, 0.4) is 0 Å². The third kappa shape index (κ3) is 2.53. The van der Waals surface area contributed by atoms with E-state index < -0.39 is 29.5 Å². The van der Waals surface area contributed by atoms with E-state index in [-0.39, 0.29) is 17.0 Å². The van der Waals surface area contributed by atoms with E-state index >= 15 is 0 Å². The number of rotatable bonds is 3. The van der Waals surface area contributed by atoms with Crippen molar-refractivity contribution in [2.75, 3.05) is 13.7 Å². The first-order valence-corrected chi connectivity index (χ1v) is 6.61. The molecule has 0 amide bonds. The zero-order valence-corrected chi connectivity index (χ0v) is 11.8. The maximum atomic E-state index is 11.8. The van der Waals surface area contributed by atoms with Crippen molar-refractivity contribution >= 4 is 15.9 Å². The molecule has 1 aliphatic rings. The molecular formula is C11H15BrN2O5. The Morgan fingerprint density at radius 1 is 1.58 bits per heavy atom. The second-order valence-corrected chi connectivity index (χ2v) is 5.43. The largest absolute Gasteiger partial charge is 0.396 e. The van der Waals surface area contributed by atoms with E-state index in [9.17, 15) is 19.8 Å². The summed E-state index contributed by atoms with van der Waals surface area (Å²) in [6.07, 6.45) is 0.323. The predicted octanol–water partition coefficient (Wildman–Crippen LogP) is -0.772. The van der Waals surface area contributed by atoms with Gasteiger partial charge in [-0.3, -0.25) is 14.3 Å². The average molecular weight is 335 g/mol. The Morgan fingerprint density at radius 2 is 2.26 bits per heavy atom. The van der Waals surface area contributed by atoms with Gasteiger partial charge in [0.2, 0.25) is 0 Å². The zero-order chi connectivity index (χ0) is 14.2. The highest BCUT2D eigenvalue weighted by molar-refractivity contribution is 9.10. The van der Waals surface area contributed by atoms with Crippen molar-refractivity contribution in [3.63, 3.8) is 0 Å². The first-order chi connectivity index (χ1) is 8.99. The quantitative estimate of drug-likeness (QED) is 0.673. The molecule has 0 spiro atoms. The number of H-pyrrole nitrogens is 1. The number of nitrogens with zero attached hydrogens (tertiary/aromatic N) is 1. The van der Waals surface area contributed by atoms with Gasteiger partial charge in [-0.25, -0.2) is 4.79 Å². The Morgan fingerprint density at radius 3 is 2.84 bits per heavy atom. The van der Waals surface area contributed by atoms with Crippen LogP contribution in [0.15, 0.2) is 20.3 Å². The fourth-order valence-corrected chi connectivity index (χ4v) is 2.86. The van der Waals surface area contributed by atoms with Crippen LogP contribution >= 0.6 is 15.9 Å². The molecule has 1 fully saturated rings. The van der Waals surface area contributed by atoms with Gasteiger partial charge in [0.1, 0.15) is 6.10 Å². The van der Waals surface area contributed by atoms with Gasteiger partial charge in [-0.15, -0.1) is 0 Å². The number of hydrogen-bond acceptors (Lipinski definition) is 5. The molecule has 1 heterocycles. The molecule has 1 aromatic heterocycles. The molecule has 3 N–H and O–H groups in total. The highest BCUT2D eigenvalue weighted by Crippen LogP contribution is 2.36. The molecule has 0 aliphatic heterocycles. The second-order valence-electron chi connectivity index (χ2n) is 4.58. The monoisotopic (exact) mass is 334 g/mol. The zero-order valence-electron chi connectivity index (χ0n) is 10.2. The lowest BCUT2D eigenvalue weighted by atomic mass is 10.1. The van der Waals surface area contributed by atoms with E-state index in [4.69, 9.17) is 4.74 Å². The van der Waals surface area contributed by atoms with Crippen molar-refractivity contribution in [1.82, 2.24) is 9.55 Å². The molecule has 0 aromatic carbocycles. The van der Waals surface area contributed by atoms with Crippen molar-refractivity contribution in [3.05, 3.63) is 31.5 Å². The Kier molecular flexibility index (Phi) is 4.24. The molecule has 0 saturated heterocycles. The van der Waals surface area contributed by atoms with Gasteiger partial charge in [-0.2, -0.15) is 0 Å². The van der Waals surface area contributed by atoms with Crippen LogP contribution in [0.5, 0.6) is 0 Å². The van der Waals surface area contributed by atoms with E-state index in [2.05, 4.69) is 20.9 Å². The van der Waals surface area contributed by atoms with Gasteiger partial charge in [0.25, 0.3) is 5.56 Å². The van der Waals surface area contributed by atoms with Crippen LogP contribution in [0.4, 0.5) is 0 Å². The summed E-state index contributed by atoms with van der Waals surface area (Å²) >= 11 is 3.06. The number of nitrogens with one attached hydrogen (secondary N) is 1. The number of aromatic amines is 1.